The number of esters is 1. The maximum atomic E-state index is 13.4. The van der Waals surface area contributed by atoms with Crippen LogP contribution in [-0.2, 0) is 19.6 Å². The molecule has 0 fully saturated rings. The Bertz CT molecular complexity index is 1230. The molecule has 0 heterocycles. The standard InChI is InChI=1S/C22H18F2N2O5S/c1-31-22(28)19-4-2-3-5-20(19)25-21(27)14-26(17-10-6-15(23)7-11-17)32(29,30)18-12-8-16(24)9-13-18/h2-13H,14H2,1H3,(H,25,27). The molecule has 0 radical (unpaired) electrons. The van der Waals surface area contributed by atoms with Crippen LogP contribution in [0.15, 0.2) is 77.7 Å². The second kappa shape index (κ2) is 9.56. The first kappa shape index (κ1) is 22.9. The highest BCUT2D eigenvalue weighted by molar-refractivity contribution is 7.92. The predicted octanol–water partition coefficient (Wildman–Crippen LogP) is 3.59. The van der Waals surface area contributed by atoms with E-state index in [1.54, 1.807) is 12.1 Å². The zero-order valence-electron chi connectivity index (χ0n) is 16.8. The van der Waals surface area contributed by atoms with Crippen molar-refractivity contribution in [1.82, 2.24) is 0 Å². The maximum Gasteiger partial charge on any atom is 0.339 e. The zero-order valence-corrected chi connectivity index (χ0v) is 17.6. The fourth-order valence-corrected chi connectivity index (χ4v) is 4.28. The molecule has 0 aliphatic carbocycles. The predicted molar refractivity (Wildman–Crippen MR) is 114 cm³/mol. The molecule has 0 aliphatic heterocycles. The summed E-state index contributed by atoms with van der Waals surface area (Å²) in [6.45, 7) is -0.694. The van der Waals surface area contributed by atoms with Crippen LogP contribution in [-0.4, -0.2) is 33.9 Å². The minimum atomic E-state index is -4.31. The molecule has 3 rings (SSSR count). The lowest BCUT2D eigenvalue weighted by molar-refractivity contribution is -0.114. The molecule has 3 aromatic rings. The minimum absolute atomic E-state index is 0.0205. The van der Waals surface area contributed by atoms with Crippen LogP contribution in [0.2, 0.25) is 0 Å². The fraction of sp³-hybridized carbons (Fsp3) is 0.0909. The molecule has 0 saturated carbocycles. The molecule has 0 spiro atoms. The lowest BCUT2D eigenvalue weighted by atomic mass is 10.2. The number of halogens is 2. The molecule has 7 nitrogen and oxygen atoms in total. The summed E-state index contributed by atoms with van der Waals surface area (Å²) in [6, 6.07) is 14.6. The highest BCUT2D eigenvalue weighted by atomic mass is 32.2. The fourth-order valence-electron chi connectivity index (χ4n) is 2.86. The van der Waals surface area contributed by atoms with Gasteiger partial charge in [-0.05, 0) is 60.7 Å². The number of nitrogens with zero attached hydrogens (tertiary/aromatic N) is 1. The summed E-state index contributed by atoms with van der Waals surface area (Å²) in [7, 11) is -3.12. The highest BCUT2D eigenvalue weighted by Gasteiger charge is 2.28. The van der Waals surface area contributed by atoms with Crippen LogP contribution in [0.3, 0.4) is 0 Å². The molecule has 0 aromatic heterocycles. The number of sulfonamides is 1. The van der Waals surface area contributed by atoms with Crippen LogP contribution in [0.25, 0.3) is 0 Å². The van der Waals surface area contributed by atoms with E-state index >= 15 is 0 Å². The number of amides is 1. The number of benzene rings is 3. The van der Waals surface area contributed by atoms with E-state index in [1.165, 1.54) is 31.4 Å². The van der Waals surface area contributed by atoms with E-state index in [1.807, 2.05) is 0 Å². The smallest absolute Gasteiger partial charge is 0.339 e. The summed E-state index contributed by atoms with van der Waals surface area (Å²) in [5.74, 6) is -2.68. The summed E-state index contributed by atoms with van der Waals surface area (Å²) < 4.78 is 58.5. The number of carbonyl (C=O) groups is 2. The Morgan fingerprint density at radius 1 is 0.906 bits per heavy atom. The van der Waals surface area contributed by atoms with Gasteiger partial charge in [0.1, 0.15) is 18.2 Å². The van der Waals surface area contributed by atoms with Crippen LogP contribution in [0.5, 0.6) is 0 Å². The van der Waals surface area contributed by atoms with Gasteiger partial charge in [0.2, 0.25) is 5.91 Å². The van der Waals surface area contributed by atoms with E-state index < -0.39 is 40.1 Å². The molecule has 1 N–H and O–H groups in total. The average molecular weight is 460 g/mol. The number of methoxy groups -OCH3 is 1. The number of nitrogens with one attached hydrogen (secondary N) is 1. The quantitative estimate of drug-likeness (QED) is 0.544. The normalized spacial score (nSPS) is 11.0. The summed E-state index contributed by atoms with van der Waals surface area (Å²) in [4.78, 5) is 24.4. The van der Waals surface area contributed by atoms with Gasteiger partial charge in [0, 0.05) is 0 Å². The van der Waals surface area contributed by atoms with Gasteiger partial charge in [0.25, 0.3) is 10.0 Å². The molecule has 0 aliphatic rings. The molecule has 0 atom stereocenters. The zero-order chi connectivity index (χ0) is 23.3. The monoisotopic (exact) mass is 460 g/mol. The molecule has 0 bridgehead atoms. The third-order valence-electron chi connectivity index (χ3n) is 4.41. The lowest BCUT2D eigenvalue weighted by Gasteiger charge is -2.24. The second-order valence-corrected chi connectivity index (χ2v) is 8.39. The Morgan fingerprint density at radius 3 is 2.06 bits per heavy atom. The van der Waals surface area contributed by atoms with Crippen LogP contribution >= 0.6 is 0 Å². The van der Waals surface area contributed by atoms with E-state index in [0.717, 1.165) is 40.7 Å². The van der Waals surface area contributed by atoms with Crippen molar-refractivity contribution in [2.75, 3.05) is 23.3 Å². The average Bonchev–Trinajstić information content (AvgIpc) is 2.78. The van der Waals surface area contributed by atoms with E-state index in [-0.39, 0.29) is 21.8 Å². The van der Waals surface area contributed by atoms with E-state index in [2.05, 4.69) is 10.1 Å². The van der Waals surface area contributed by atoms with Gasteiger partial charge < -0.3 is 10.1 Å². The van der Waals surface area contributed by atoms with E-state index in [9.17, 15) is 26.8 Å². The first-order chi connectivity index (χ1) is 15.2. The molecule has 32 heavy (non-hydrogen) atoms. The number of ether oxygens (including phenoxy) is 1. The van der Waals surface area contributed by atoms with E-state index in [0.29, 0.717) is 0 Å². The largest absolute Gasteiger partial charge is 0.465 e. The lowest BCUT2D eigenvalue weighted by Crippen LogP contribution is -2.38. The van der Waals surface area contributed by atoms with E-state index in [4.69, 9.17) is 0 Å². The number of para-hydroxylation sites is 1. The molecule has 0 saturated heterocycles. The van der Waals surface area contributed by atoms with Crippen molar-refractivity contribution in [2.45, 2.75) is 4.90 Å². The Labute approximate surface area is 183 Å². The van der Waals surface area contributed by atoms with Crippen LogP contribution in [0.1, 0.15) is 10.4 Å². The summed E-state index contributed by atoms with van der Waals surface area (Å²) >= 11 is 0. The van der Waals surface area contributed by atoms with Gasteiger partial charge in [0.05, 0.1) is 28.9 Å². The Morgan fingerprint density at radius 2 is 1.47 bits per heavy atom. The Balaban J connectivity index is 1.95. The molecular formula is C22H18F2N2O5S. The summed E-state index contributed by atoms with van der Waals surface area (Å²) in [5.41, 5.74) is 0.229. The molecule has 1 amide bonds. The summed E-state index contributed by atoms with van der Waals surface area (Å²) in [5, 5.41) is 2.49. The molecule has 166 valence electrons. The highest BCUT2D eigenvalue weighted by Crippen LogP contribution is 2.25. The third-order valence-corrected chi connectivity index (χ3v) is 6.20. The number of carbonyl (C=O) groups excluding carboxylic acids is 2. The number of hydrogen-bond acceptors (Lipinski definition) is 5. The first-order valence-electron chi connectivity index (χ1n) is 9.23. The van der Waals surface area contributed by atoms with Crippen molar-refractivity contribution in [1.29, 1.82) is 0 Å². The molecule has 10 heteroatoms. The first-order valence-corrected chi connectivity index (χ1v) is 10.7. The van der Waals surface area contributed by atoms with Crippen molar-refractivity contribution >= 4 is 33.3 Å². The van der Waals surface area contributed by atoms with Gasteiger partial charge in [-0.15, -0.1) is 0 Å². The topological polar surface area (TPSA) is 92.8 Å². The van der Waals surface area contributed by atoms with Gasteiger partial charge in [-0.1, -0.05) is 12.1 Å². The van der Waals surface area contributed by atoms with Gasteiger partial charge in [-0.2, -0.15) is 0 Å². The number of anilines is 2. The van der Waals surface area contributed by atoms with Crippen LogP contribution in [0, 0.1) is 11.6 Å². The van der Waals surface area contributed by atoms with Gasteiger partial charge >= 0.3 is 5.97 Å². The third kappa shape index (κ3) is 5.09. The maximum absolute atomic E-state index is 13.4. The van der Waals surface area contributed by atoms with Crippen molar-refractivity contribution in [2.24, 2.45) is 0 Å². The SMILES string of the molecule is COC(=O)c1ccccc1NC(=O)CN(c1ccc(F)cc1)S(=O)(=O)c1ccc(F)cc1. The summed E-state index contributed by atoms with van der Waals surface area (Å²) in [6.07, 6.45) is 0. The molecule has 0 unspecified atom stereocenters. The second-order valence-electron chi connectivity index (χ2n) is 6.53. The number of rotatable bonds is 7. The Hall–Kier alpha value is -3.79. The van der Waals surface area contributed by atoms with Crippen molar-refractivity contribution in [3.8, 4) is 0 Å². The number of hydrogen-bond donors (Lipinski definition) is 1. The van der Waals surface area contributed by atoms with Crippen LogP contribution in [0.4, 0.5) is 20.2 Å². The molecular weight excluding hydrogens is 442 g/mol. The molecule has 3 aromatic carbocycles. The van der Waals surface area contributed by atoms with Crippen molar-refractivity contribution in [3.05, 3.63) is 90.0 Å². The van der Waals surface area contributed by atoms with Gasteiger partial charge in [-0.25, -0.2) is 22.0 Å². The minimum Gasteiger partial charge on any atom is -0.465 e. The van der Waals surface area contributed by atoms with Crippen LogP contribution < -0.4 is 9.62 Å². The van der Waals surface area contributed by atoms with Gasteiger partial charge in [0.15, 0.2) is 0 Å². The Kier molecular flexibility index (Phi) is 6.84. The van der Waals surface area contributed by atoms with Gasteiger partial charge in [-0.3, -0.25) is 9.10 Å². The van der Waals surface area contributed by atoms with Crippen molar-refractivity contribution < 1.29 is 31.5 Å². The van der Waals surface area contributed by atoms with Crippen molar-refractivity contribution in [3.63, 3.8) is 0 Å².